The molecule has 2 aromatic rings. The monoisotopic (exact) mass is 611 g/mol. The average Bonchev–Trinajstić information content (AvgIpc) is 3.02. The molecule has 1 heterocycles. The molecule has 4 nitrogen and oxygen atoms in total. The number of carbonyl (C=O) groups is 2. The highest BCUT2D eigenvalue weighted by Gasteiger charge is 2.36. The van der Waals surface area contributed by atoms with Crippen LogP contribution in [0.3, 0.4) is 0 Å². The quantitative estimate of drug-likeness (QED) is 0.255. The van der Waals surface area contributed by atoms with Gasteiger partial charge in [0, 0.05) is 11.0 Å². The summed E-state index contributed by atoms with van der Waals surface area (Å²) in [5, 5.41) is -0.147. The molecular weight excluding hydrogens is 589 g/mol. The first-order valence-electron chi connectivity index (χ1n) is 10.4. The molecule has 0 unspecified atom stereocenters. The zero-order valence-corrected chi connectivity index (χ0v) is 21.5. The first-order chi connectivity index (χ1) is 15.0. The minimum absolute atomic E-state index is 0.147. The second kappa shape index (κ2) is 10.5. The summed E-state index contributed by atoms with van der Waals surface area (Å²) in [4.78, 5) is 27.2. The van der Waals surface area contributed by atoms with Gasteiger partial charge in [-0.15, -0.1) is 0 Å². The molecule has 0 spiro atoms. The number of hydrogen-bond donors (Lipinski definition) is 0. The summed E-state index contributed by atoms with van der Waals surface area (Å²) in [6.07, 6.45) is 7.70. The van der Waals surface area contributed by atoms with Gasteiger partial charge >= 0.3 is 0 Å². The van der Waals surface area contributed by atoms with Crippen LogP contribution >= 0.6 is 50.3 Å². The van der Waals surface area contributed by atoms with Gasteiger partial charge in [-0.2, -0.15) is 0 Å². The van der Waals surface area contributed by atoms with Crippen LogP contribution in [0.5, 0.6) is 5.75 Å². The van der Waals surface area contributed by atoms with E-state index in [0.717, 1.165) is 49.5 Å². The summed E-state index contributed by atoms with van der Waals surface area (Å²) < 4.78 is 7.95. The van der Waals surface area contributed by atoms with Crippen molar-refractivity contribution in [3.63, 3.8) is 0 Å². The summed E-state index contributed by atoms with van der Waals surface area (Å²) in [6.45, 7) is 1.05. The molecule has 1 aliphatic heterocycles. The van der Waals surface area contributed by atoms with Gasteiger partial charge < -0.3 is 4.74 Å². The molecule has 0 radical (unpaired) electrons. The maximum Gasteiger partial charge on any atom is 0.293 e. The Hall–Kier alpha value is -1.32. The van der Waals surface area contributed by atoms with Crippen molar-refractivity contribution >= 4 is 67.5 Å². The lowest BCUT2D eigenvalue weighted by atomic mass is 9.89. The SMILES string of the molecule is O=C1S/C(=C/c2ccc(OCc3ccc(Br)cc3)c(I)c2)C(=O)N1CC1CCCCC1. The van der Waals surface area contributed by atoms with Crippen molar-refractivity contribution in [1.29, 1.82) is 0 Å². The maximum absolute atomic E-state index is 12.8. The molecule has 0 aromatic heterocycles. The molecule has 1 aliphatic carbocycles. The predicted octanol–water partition coefficient (Wildman–Crippen LogP) is 7.25. The second-order valence-corrected chi connectivity index (χ2v) is 11.0. The second-order valence-electron chi connectivity index (χ2n) is 7.90. The first kappa shape index (κ1) is 22.9. The van der Waals surface area contributed by atoms with Crippen LogP contribution in [0.2, 0.25) is 0 Å². The third kappa shape index (κ3) is 5.93. The van der Waals surface area contributed by atoms with Gasteiger partial charge in [0.1, 0.15) is 12.4 Å². The van der Waals surface area contributed by atoms with Gasteiger partial charge in [-0.1, -0.05) is 53.4 Å². The molecule has 1 saturated heterocycles. The van der Waals surface area contributed by atoms with Gasteiger partial charge in [0.05, 0.1) is 8.48 Å². The number of thioether (sulfide) groups is 1. The highest BCUT2D eigenvalue weighted by atomic mass is 127. The van der Waals surface area contributed by atoms with Crippen molar-refractivity contribution in [3.05, 3.63) is 66.5 Å². The molecular formula is C24H23BrINO3S. The predicted molar refractivity (Wildman–Crippen MR) is 137 cm³/mol. The van der Waals surface area contributed by atoms with Crippen LogP contribution in [-0.4, -0.2) is 22.6 Å². The van der Waals surface area contributed by atoms with E-state index in [1.807, 2.05) is 48.5 Å². The average molecular weight is 612 g/mol. The van der Waals surface area contributed by atoms with Crippen molar-refractivity contribution in [2.75, 3.05) is 6.54 Å². The minimum Gasteiger partial charge on any atom is -0.488 e. The van der Waals surface area contributed by atoms with Crippen LogP contribution in [0, 0.1) is 9.49 Å². The van der Waals surface area contributed by atoms with Crippen molar-refractivity contribution < 1.29 is 14.3 Å². The molecule has 2 amide bonds. The van der Waals surface area contributed by atoms with E-state index in [9.17, 15) is 9.59 Å². The van der Waals surface area contributed by atoms with Crippen molar-refractivity contribution in [2.45, 2.75) is 38.7 Å². The normalized spacial score (nSPS) is 18.8. The molecule has 31 heavy (non-hydrogen) atoms. The molecule has 7 heteroatoms. The largest absolute Gasteiger partial charge is 0.488 e. The number of nitrogens with zero attached hydrogens (tertiary/aromatic N) is 1. The Bertz CT molecular complexity index is 1000. The topological polar surface area (TPSA) is 46.6 Å². The fourth-order valence-corrected chi connectivity index (χ4v) is 5.71. The fraction of sp³-hybridized carbons (Fsp3) is 0.333. The van der Waals surface area contributed by atoms with E-state index < -0.39 is 0 Å². The summed E-state index contributed by atoms with van der Waals surface area (Å²) >= 11 is 6.72. The van der Waals surface area contributed by atoms with Gasteiger partial charge in [-0.25, -0.2) is 0 Å². The Morgan fingerprint density at radius 3 is 2.55 bits per heavy atom. The van der Waals surface area contributed by atoms with Crippen LogP contribution in [0.1, 0.15) is 43.2 Å². The number of amides is 2. The molecule has 0 atom stereocenters. The number of imide groups is 1. The van der Waals surface area contributed by atoms with Gasteiger partial charge in [0.15, 0.2) is 0 Å². The van der Waals surface area contributed by atoms with E-state index in [4.69, 9.17) is 4.74 Å². The molecule has 0 N–H and O–H groups in total. The van der Waals surface area contributed by atoms with Crippen LogP contribution < -0.4 is 4.74 Å². The molecule has 2 aliphatic rings. The number of hydrogen-bond acceptors (Lipinski definition) is 4. The summed E-state index contributed by atoms with van der Waals surface area (Å²) in [5.74, 6) is 1.09. The van der Waals surface area contributed by atoms with Crippen LogP contribution in [0.4, 0.5) is 4.79 Å². The summed E-state index contributed by atoms with van der Waals surface area (Å²) in [7, 11) is 0. The van der Waals surface area contributed by atoms with Gasteiger partial charge in [0.2, 0.25) is 0 Å². The van der Waals surface area contributed by atoms with Gasteiger partial charge in [0.25, 0.3) is 11.1 Å². The highest BCUT2D eigenvalue weighted by molar-refractivity contribution is 14.1. The number of ether oxygens (including phenoxy) is 1. The summed E-state index contributed by atoms with van der Waals surface area (Å²) in [6, 6.07) is 13.9. The molecule has 162 valence electrons. The zero-order valence-electron chi connectivity index (χ0n) is 17.0. The third-order valence-corrected chi connectivity index (χ3v) is 7.88. The minimum atomic E-state index is -0.161. The number of benzene rings is 2. The lowest BCUT2D eigenvalue weighted by Crippen LogP contribution is -2.34. The highest BCUT2D eigenvalue weighted by Crippen LogP contribution is 2.35. The Balaban J connectivity index is 1.41. The third-order valence-electron chi connectivity index (χ3n) is 5.60. The van der Waals surface area contributed by atoms with Crippen molar-refractivity contribution in [3.8, 4) is 5.75 Å². The number of carbonyl (C=O) groups excluding carboxylic acids is 2. The Kier molecular flexibility index (Phi) is 7.77. The maximum atomic E-state index is 12.8. The molecule has 2 aromatic carbocycles. The van der Waals surface area contributed by atoms with E-state index in [0.29, 0.717) is 24.0 Å². The molecule has 4 rings (SSSR count). The first-order valence-corrected chi connectivity index (χ1v) is 13.1. The Labute approximate surface area is 209 Å². The number of rotatable bonds is 6. The van der Waals surface area contributed by atoms with E-state index in [1.54, 1.807) is 0 Å². The van der Waals surface area contributed by atoms with Gasteiger partial charge in [-0.05, 0) is 94.6 Å². The fourth-order valence-electron chi connectivity index (χ4n) is 3.90. The van der Waals surface area contributed by atoms with E-state index in [2.05, 4.69) is 38.5 Å². The van der Waals surface area contributed by atoms with E-state index in [-0.39, 0.29) is 11.1 Å². The Morgan fingerprint density at radius 1 is 1.10 bits per heavy atom. The van der Waals surface area contributed by atoms with Crippen LogP contribution in [0.25, 0.3) is 6.08 Å². The van der Waals surface area contributed by atoms with E-state index >= 15 is 0 Å². The number of halogens is 2. The lowest BCUT2D eigenvalue weighted by molar-refractivity contribution is -0.123. The standard InChI is InChI=1S/C24H23BrINO3S/c25-19-9-6-17(7-10-19)15-30-21-11-8-18(12-20(21)26)13-22-23(28)27(24(29)31-22)14-16-4-2-1-3-5-16/h6-13,16H,1-5,14-15H2/b22-13+. The lowest BCUT2D eigenvalue weighted by Gasteiger charge is -2.25. The van der Waals surface area contributed by atoms with Crippen LogP contribution in [0.15, 0.2) is 51.8 Å². The van der Waals surface area contributed by atoms with Crippen molar-refractivity contribution in [1.82, 2.24) is 4.90 Å². The Morgan fingerprint density at radius 2 is 1.84 bits per heavy atom. The molecule has 0 bridgehead atoms. The zero-order chi connectivity index (χ0) is 21.8. The van der Waals surface area contributed by atoms with E-state index in [1.165, 1.54) is 24.2 Å². The molecule has 2 fully saturated rings. The smallest absolute Gasteiger partial charge is 0.293 e. The molecule has 1 saturated carbocycles. The van der Waals surface area contributed by atoms with Gasteiger partial charge in [-0.3, -0.25) is 14.5 Å². The van der Waals surface area contributed by atoms with Crippen LogP contribution in [-0.2, 0) is 11.4 Å². The van der Waals surface area contributed by atoms with Crippen molar-refractivity contribution in [2.24, 2.45) is 5.92 Å². The summed E-state index contributed by atoms with van der Waals surface area (Å²) in [5.41, 5.74) is 1.98.